The largest absolute Gasteiger partial charge is 0.355 e. The minimum Gasteiger partial charge on any atom is -0.355 e. The highest BCUT2D eigenvalue weighted by molar-refractivity contribution is 5.81. The topological polar surface area (TPSA) is 61.4 Å². The van der Waals surface area contributed by atoms with Gasteiger partial charge in [-0.2, -0.15) is 0 Å². The average molecular weight is 243 g/mol. The van der Waals surface area contributed by atoms with E-state index in [1.165, 1.54) is 0 Å². The molecule has 17 heavy (non-hydrogen) atoms. The molecule has 0 aromatic rings. The fraction of sp³-hybridized carbons (Fsp3) is 0.833. The van der Waals surface area contributed by atoms with Crippen molar-refractivity contribution in [3.8, 4) is 0 Å². The maximum absolute atomic E-state index is 11.6. The maximum atomic E-state index is 11.6. The van der Waals surface area contributed by atoms with Crippen LogP contribution in [0.3, 0.4) is 0 Å². The summed E-state index contributed by atoms with van der Waals surface area (Å²) in [5.41, 5.74) is 0. The van der Waals surface area contributed by atoms with Crippen LogP contribution in [0.2, 0.25) is 0 Å². The lowest BCUT2D eigenvalue weighted by molar-refractivity contribution is -0.125. The van der Waals surface area contributed by atoms with E-state index in [-0.39, 0.29) is 24.9 Å². The highest BCUT2D eigenvalue weighted by Crippen LogP contribution is 1.90. The van der Waals surface area contributed by atoms with Gasteiger partial charge < -0.3 is 10.6 Å². The molecule has 0 spiro atoms. The lowest BCUT2D eigenvalue weighted by atomic mass is 10.2. The Labute approximate surface area is 104 Å². The molecule has 5 heteroatoms. The molecule has 0 rings (SSSR count). The summed E-state index contributed by atoms with van der Waals surface area (Å²) in [4.78, 5) is 24.8. The average Bonchev–Trinajstić information content (AvgIpc) is 2.25. The second-order valence-corrected chi connectivity index (χ2v) is 4.45. The number of nitrogens with one attached hydrogen (secondary N) is 2. The van der Waals surface area contributed by atoms with E-state index < -0.39 is 0 Å². The van der Waals surface area contributed by atoms with E-state index in [9.17, 15) is 9.59 Å². The molecule has 2 N–H and O–H groups in total. The van der Waals surface area contributed by atoms with Crippen LogP contribution in [0.25, 0.3) is 0 Å². The van der Waals surface area contributed by atoms with Gasteiger partial charge in [0.25, 0.3) is 0 Å². The van der Waals surface area contributed by atoms with E-state index in [2.05, 4.69) is 10.6 Å². The van der Waals surface area contributed by atoms with Crippen molar-refractivity contribution >= 4 is 11.8 Å². The lowest BCUT2D eigenvalue weighted by Crippen LogP contribution is -2.43. The number of carbonyl (C=O) groups excluding carboxylic acids is 2. The molecule has 100 valence electrons. The monoisotopic (exact) mass is 243 g/mol. The Hall–Kier alpha value is -1.10. The minimum atomic E-state index is -0.0361. The Kier molecular flexibility index (Phi) is 8.40. The van der Waals surface area contributed by atoms with Gasteiger partial charge in [-0.1, -0.05) is 20.8 Å². The van der Waals surface area contributed by atoms with E-state index in [0.717, 1.165) is 0 Å². The van der Waals surface area contributed by atoms with Crippen LogP contribution >= 0.6 is 0 Å². The summed E-state index contributed by atoms with van der Waals surface area (Å²) in [5, 5.41) is 5.56. The molecule has 5 nitrogen and oxygen atoms in total. The summed E-state index contributed by atoms with van der Waals surface area (Å²) in [6.45, 7) is 10.5. The summed E-state index contributed by atoms with van der Waals surface area (Å²) in [6, 6.07) is 0. The maximum Gasteiger partial charge on any atom is 0.234 e. The zero-order valence-corrected chi connectivity index (χ0v) is 11.4. The number of hydrogen-bond acceptors (Lipinski definition) is 3. The van der Waals surface area contributed by atoms with Gasteiger partial charge in [-0.3, -0.25) is 14.5 Å². The van der Waals surface area contributed by atoms with Gasteiger partial charge in [0.05, 0.1) is 13.1 Å². The van der Waals surface area contributed by atoms with E-state index >= 15 is 0 Å². The molecule has 0 bridgehead atoms. The Morgan fingerprint density at radius 3 is 2.00 bits per heavy atom. The Morgan fingerprint density at radius 2 is 1.59 bits per heavy atom. The fourth-order valence-corrected chi connectivity index (χ4v) is 1.31. The van der Waals surface area contributed by atoms with E-state index in [1.807, 2.05) is 32.6 Å². The standard InChI is InChI=1S/C12H25N3O2/c1-5-13-11(16)8-15(6-2)9-12(17)14-7-10(3)4/h10H,5-9H2,1-4H3,(H,13,16)(H,14,17). The normalized spacial score (nSPS) is 10.7. The fourth-order valence-electron chi connectivity index (χ4n) is 1.31. The van der Waals surface area contributed by atoms with Crippen LogP contribution in [0.15, 0.2) is 0 Å². The van der Waals surface area contributed by atoms with Crippen molar-refractivity contribution in [2.24, 2.45) is 5.92 Å². The molecule has 0 aliphatic heterocycles. The molecule has 0 aliphatic rings. The summed E-state index contributed by atoms with van der Waals surface area (Å²) < 4.78 is 0. The molecular formula is C12H25N3O2. The molecule has 0 aromatic heterocycles. The Morgan fingerprint density at radius 1 is 1.06 bits per heavy atom. The first-order chi connectivity index (χ1) is 7.99. The van der Waals surface area contributed by atoms with Gasteiger partial charge in [-0.05, 0) is 19.4 Å². The third-order valence-electron chi connectivity index (χ3n) is 2.26. The number of hydrogen-bond donors (Lipinski definition) is 2. The highest BCUT2D eigenvalue weighted by Gasteiger charge is 2.12. The third kappa shape index (κ3) is 8.68. The van der Waals surface area contributed by atoms with Crippen molar-refractivity contribution in [3.63, 3.8) is 0 Å². The molecule has 0 fully saturated rings. The van der Waals surface area contributed by atoms with E-state index in [1.54, 1.807) is 0 Å². The van der Waals surface area contributed by atoms with Crippen LogP contribution in [-0.2, 0) is 9.59 Å². The van der Waals surface area contributed by atoms with E-state index in [4.69, 9.17) is 0 Å². The predicted octanol–water partition coefficient (Wildman–Crippen LogP) is 0.217. The first kappa shape index (κ1) is 15.9. The molecule has 0 atom stereocenters. The second-order valence-electron chi connectivity index (χ2n) is 4.45. The Balaban J connectivity index is 3.95. The quantitative estimate of drug-likeness (QED) is 0.641. The SMILES string of the molecule is CCNC(=O)CN(CC)CC(=O)NCC(C)C. The van der Waals surface area contributed by atoms with Crippen molar-refractivity contribution < 1.29 is 9.59 Å². The molecular weight excluding hydrogens is 218 g/mol. The van der Waals surface area contributed by atoms with Gasteiger partial charge in [-0.15, -0.1) is 0 Å². The third-order valence-corrected chi connectivity index (χ3v) is 2.26. The van der Waals surface area contributed by atoms with Crippen LogP contribution in [0.5, 0.6) is 0 Å². The van der Waals surface area contributed by atoms with Gasteiger partial charge >= 0.3 is 0 Å². The van der Waals surface area contributed by atoms with Crippen molar-refractivity contribution in [2.75, 3.05) is 32.7 Å². The number of likely N-dealkylation sites (N-methyl/N-ethyl adjacent to an activating group) is 2. The molecule has 0 heterocycles. The molecule has 0 aliphatic carbocycles. The number of carbonyl (C=O) groups is 2. The highest BCUT2D eigenvalue weighted by atomic mass is 16.2. The van der Waals surface area contributed by atoms with Crippen LogP contribution < -0.4 is 10.6 Å². The van der Waals surface area contributed by atoms with Crippen molar-refractivity contribution in [2.45, 2.75) is 27.7 Å². The first-order valence-corrected chi connectivity index (χ1v) is 6.25. The predicted molar refractivity (Wildman–Crippen MR) is 68.6 cm³/mol. The van der Waals surface area contributed by atoms with Gasteiger partial charge in [-0.25, -0.2) is 0 Å². The molecule has 0 radical (unpaired) electrons. The smallest absolute Gasteiger partial charge is 0.234 e. The lowest BCUT2D eigenvalue weighted by Gasteiger charge is -2.19. The van der Waals surface area contributed by atoms with Crippen molar-refractivity contribution in [1.82, 2.24) is 15.5 Å². The minimum absolute atomic E-state index is 0.0233. The molecule has 0 saturated carbocycles. The molecule has 0 aromatic carbocycles. The van der Waals surface area contributed by atoms with Crippen LogP contribution in [0, 0.1) is 5.92 Å². The summed E-state index contributed by atoms with van der Waals surface area (Å²) in [5.74, 6) is 0.383. The van der Waals surface area contributed by atoms with Gasteiger partial charge in [0, 0.05) is 13.1 Å². The second kappa shape index (κ2) is 8.98. The van der Waals surface area contributed by atoms with Crippen molar-refractivity contribution in [1.29, 1.82) is 0 Å². The van der Waals surface area contributed by atoms with Crippen LogP contribution in [-0.4, -0.2) is 49.4 Å². The van der Waals surface area contributed by atoms with Gasteiger partial charge in [0.15, 0.2) is 0 Å². The first-order valence-electron chi connectivity index (χ1n) is 6.25. The zero-order valence-electron chi connectivity index (χ0n) is 11.4. The molecule has 0 saturated heterocycles. The van der Waals surface area contributed by atoms with Gasteiger partial charge in [0.1, 0.15) is 0 Å². The summed E-state index contributed by atoms with van der Waals surface area (Å²) >= 11 is 0. The summed E-state index contributed by atoms with van der Waals surface area (Å²) in [6.07, 6.45) is 0. The van der Waals surface area contributed by atoms with Crippen molar-refractivity contribution in [3.05, 3.63) is 0 Å². The zero-order chi connectivity index (χ0) is 13.3. The molecule has 2 amide bonds. The van der Waals surface area contributed by atoms with Crippen LogP contribution in [0.1, 0.15) is 27.7 Å². The Bertz CT molecular complexity index is 242. The summed E-state index contributed by atoms with van der Waals surface area (Å²) in [7, 11) is 0. The number of amides is 2. The number of nitrogens with zero attached hydrogens (tertiary/aromatic N) is 1. The van der Waals surface area contributed by atoms with Gasteiger partial charge in [0.2, 0.25) is 11.8 Å². The number of rotatable bonds is 8. The van der Waals surface area contributed by atoms with E-state index in [0.29, 0.717) is 25.6 Å². The van der Waals surface area contributed by atoms with Crippen LogP contribution in [0.4, 0.5) is 0 Å². The molecule has 0 unspecified atom stereocenters.